The van der Waals surface area contributed by atoms with Crippen LogP contribution in [-0.4, -0.2) is 24.6 Å². The summed E-state index contributed by atoms with van der Waals surface area (Å²) in [6, 6.07) is 2.92. The first kappa shape index (κ1) is 12.2. The van der Waals surface area contributed by atoms with Crippen molar-refractivity contribution < 1.29 is 0 Å². The van der Waals surface area contributed by atoms with Gasteiger partial charge in [0.15, 0.2) is 0 Å². The van der Waals surface area contributed by atoms with Gasteiger partial charge in [0.2, 0.25) is 0 Å². The van der Waals surface area contributed by atoms with Gasteiger partial charge in [-0.2, -0.15) is 0 Å². The first-order valence-electron chi connectivity index (χ1n) is 6.74. The van der Waals surface area contributed by atoms with Gasteiger partial charge in [0.25, 0.3) is 0 Å². The molecule has 17 heavy (non-hydrogen) atoms. The highest BCUT2D eigenvalue weighted by molar-refractivity contribution is 5.56. The van der Waals surface area contributed by atoms with Gasteiger partial charge in [0.1, 0.15) is 0 Å². The first-order valence-corrected chi connectivity index (χ1v) is 6.74. The summed E-state index contributed by atoms with van der Waals surface area (Å²) in [5.41, 5.74) is 2.37. The summed E-state index contributed by atoms with van der Waals surface area (Å²) < 4.78 is 0. The third-order valence-corrected chi connectivity index (χ3v) is 3.59. The van der Waals surface area contributed by atoms with Gasteiger partial charge < -0.3 is 10.2 Å². The molecule has 0 radical (unpaired) electrons. The van der Waals surface area contributed by atoms with Crippen LogP contribution in [0, 0.1) is 0 Å². The quantitative estimate of drug-likeness (QED) is 0.865. The zero-order chi connectivity index (χ0) is 12.1. The lowest BCUT2D eigenvalue weighted by Crippen LogP contribution is -2.39. The monoisotopic (exact) mass is 233 g/mol. The number of nitrogens with one attached hydrogen (secondary N) is 1. The van der Waals surface area contributed by atoms with Gasteiger partial charge in [-0.05, 0) is 31.7 Å². The zero-order valence-electron chi connectivity index (χ0n) is 10.9. The van der Waals surface area contributed by atoms with Crippen molar-refractivity contribution in [3.8, 4) is 0 Å². The Kier molecular flexibility index (Phi) is 4.24. The highest BCUT2D eigenvalue weighted by atomic mass is 15.2. The lowest BCUT2D eigenvalue weighted by atomic mass is 9.98. The molecule has 0 saturated carbocycles. The number of hydrogen-bond acceptors (Lipinski definition) is 3. The number of rotatable bonds is 4. The molecule has 1 unspecified atom stereocenters. The molecule has 1 aliphatic rings. The molecule has 94 valence electrons. The van der Waals surface area contributed by atoms with Crippen LogP contribution >= 0.6 is 0 Å². The van der Waals surface area contributed by atoms with E-state index in [9.17, 15) is 0 Å². The molecule has 1 aromatic heterocycles. The second kappa shape index (κ2) is 5.89. The first-order chi connectivity index (χ1) is 8.35. The number of piperidine rings is 1. The van der Waals surface area contributed by atoms with Crippen LogP contribution in [0.25, 0.3) is 0 Å². The maximum atomic E-state index is 4.32. The fourth-order valence-corrected chi connectivity index (χ4v) is 2.70. The molecule has 3 heteroatoms. The molecular formula is C14H23N3. The Labute approximate surface area is 104 Å². The minimum Gasteiger partial charge on any atom is -0.387 e. The van der Waals surface area contributed by atoms with Crippen LogP contribution in [0.1, 0.15) is 39.0 Å². The highest BCUT2D eigenvalue weighted by Crippen LogP contribution is 2.28. The van der Waals surface area contributed by atoms with E-state index in [4.69, 9.17) is 0 Å². The van der Waals surface area contributed by atoms with Crippen LogP contribution < -0.4 is 10.2 Å². The van der Waals surface area contributed by atoms with Gasteiger partial charge in [0, 0.05) is 19.6 Å². The summed E-state index contributed by atoms with van der Waals surface area (Å²) in [5, 5.41) is 3.16. The normalized spacial score (nSPS) is 20.4. The number of aromatic nitrogens is 1. The van der Waals surface area contributed by atoms with Crippen LogP contribution in [-0.2, 0) is 0 Å². The molecular weight excluding hydrogens is 210 g/mol. The van der Waals surface area contributed by atoms with E-state index < -0.39 is 0 Å². The summed E-state index contributed by atoms with van der Waals surface area (Å²) >= 11 is 0. The summed E-state index contributed by atoms with van der Waals surface area (Å²) in [6.45, 7) is 3.45. The van der Waals surface area contributed by atoms with E-state index in [1.54, 1.807) is 0 Å². The van der Waals surface area contributed by atoms with Gasteiger partial charge in [-0.3, -0.25) is 4.98 Å². The van der Waals surface area contributed by atoms with Crippen molar-refractivity contribution in [3.63, 3.8) is 0 Å². The zero-order valence-corrected chi connectivity index (χ0v) is 10.9. The molecule has 0 aliphatic carbocycles. The second-order valence-corrected chi connectivity index (χ2v) is 4.81. The number of anilines is 2. The van der Waals surface area contributed by atoms with E-state index in [1.165, 1.54) is 44.3 Å². The fraction of sp³-hybridized carbons (Fsp3) is 0.643. The largest absolute Gasteiger partial charge is 0.387 e. The highest BCUT2D eigenvalue weighted by Gasteiger charge is 2.22. The molecule has 0 bridgehead atoms. The number of hydrogen-bond donors (Lipinski definition) is 1. The molecule has 1 fully saturated rings. The molecule has 1 N–H and O–H groups in total. The van der Waals surface area contributed by atoms with Crippen molar-refractivity contribution in [2.24, 2.45) is 0 Å². The van der Waals surface area contributed by atoms with Gasteiger partial charge in [-0.1, -0.05) is 13.3 Å². The fourth-order valence-electron chi connectivity index (χ4n) is 2.70. The predicted molar refractivity (Wildman–Crippen MR) is 73.7 cm³/mol. The van der Waals surface area contributed by atoms with Crippen molar-refractivity contribution in [1.82, 2.24) is 4.98 Å². The minimum atomic E-state index is 0.711. The lowest BCUT2D eigenvalue weighted by Gasteiger charge is -2.37. The Morgan fingerprint density at radius 3 is 3.06 bits per heavy atom. The SMILES string of the molecule is CCCC1CCCCN1c1cncc(NC)c1. The molecule has 0 amide bonds. The second-order valence-electron chi connectivity index (χ2n) is 4.81. The smallest absolute Gasteiger partial charge is 0.0575 e. The summed E-state index contributed by atoms with van der Waals surface area (Å²) in [7, 11) is 1.94. The standard InChI is InChI=1S/C14H23N3/c1-3-6-13-7-4-5-8-17(13)14-9-12(15-2)10-16-11-14/h9-11,13,15H,3-8H2,1-2H3. The third-order valence-electron chi connectivity index (χ3n) is 3.59. The average molecular weight is 233 g/mol. The van der Waals surface area contributed by atoms with Crippen LogP contribution in [0.5, 0.6) is 0 Å². The van der Waals surface area contributed by atoms with Crippen molar-refractivity contribution >= 4 is 11.4 Å². The summed E-state index contributed by atoms with van der Waals surface area (Å²) in [4.78, 5) is 6.86. The number of pyridine rings is 1. The van der Waals surface area contributed by atoms with Crippen LogP contribution in [0.15, 0.2) is 18.5 Å². The Hall–Kier alpha value is -1.25. The predicted octanol–water partition coefficient (Wildman–Crippen LogP) is 3.28. The molecule has 2 rings (SSSR count). The minimum absolute atomic E-state index is 0.711. The Morgan fingerprint density at radius 2 is 2.29 bits per heavy atom. The van der Waals surface area contributed by atoms with E-state index in [-0.39, 0.29) is 0 Å². The Morgan fingerprint density at radius 1 is 1.41 bits per heavy atom. The van der Waals surface area contributed by atoms with Gasteiger partial charge in [-0.25, -0.2) is 0 Å². The van der Waals surface area contributed by atoms with E-state index in [1.807, 2.05) is 19.4 Å². The molecule has 1 saturated heterocycles. The van der Waals surface area contributed by atoms with E-state index in [2.05, 4.69) is 28.2 Å². The van der Waals surface area contributed by atoms with Crippen LogP contribution in [0.3, 0.4) is 0 Å². The Balaban J connectivity index is 2.16. The van der Waals surface area contributed by atoms with Crippen molar-refractivity contribution in [3.05, 3.63) is 18.5 Å². The molecule has 2 heterocycles. The van der Waals surface area contributed by atoms with Crippen LogP contribution in [0.4, 0.5) is 11.4 Å². The maximum Gasteiger partial charge on any atom is 0.0575 e. The van der Waals surface area contributed by atoms with Gasteiger partial charge in [-0.15, -0.1) is 0 Å². The molecule has 0 aromatic carbocycles. The number of nitrogens with zero attached hydrogens (tertiary/aromatic N) is 2. The third kappa shape index (κ3) is 2.90. The Bertz CT molecular complexity index is 349. The van der Waals surface area contributed by atoms with Crippen molar-refractivity contribution in [2.75, 3.05) is 23.8 Å². The van der Waals surface area contributed by atoms with E-state index >= 15 is 0 Å². The van der Waals surface area contributed by atoms with Gasteiger partial charge >= 0.3 is 0 Å². The molecule has 1 atom stereocenters. The van der Waals surface area contributed by atoms with E-state index in [0.717, 1.165) is 5.69 Å². The summed E-state index contributed by atoms with van der Waals surface area (Å²) in [6.07, 6.45) is 10.4. The molecule has 0 spiro atoms. The van der Waals surface area contributed by atoms with Crippen molar-refractivity contribution in [1.29, 1.82) is 0 Å². The average Bonchev–Trinajstić information content (AvgIpc) is 2.40. The summed E-state index contributed by atoms with van der Waals surface area (Å²) in [5.74, 6) is 0. The van der Waals surface area contributed by atoms with E-state index in [0.29, 0.717) is 6.04 Å². The lowest BCUT2D eigenvalue weighted by molar-refractivity contribution is 0.434. The van der Waals surface area contributed by atoms with Gasteiger partial charge in [0.05, 0.1) is 23.8 Å². The molecule has 3 nitrogen and oxygen atoms in total. The van der Waals surface area contributed by atoms with Crippen molar-refractivity contribution in [2.45, 2.75) is 45.1 Å². The molecule has 1 aromatic rings. The topological polar surface area (TPSA) is 28.2 Å². The van der Waals surface area contributed by atoms with Crippen LogP contribution in [0.2, 0.25) is 0 Å². The maximum absolute atomic E-state index is 4.32. The molecule has 1 aliphatic heterocycles.